The van der Waals surface area contributed by atoms with Crippen LogP contribution >= 0.6 is 0 Å². The summed E-state index contributed by atoms with van der Waals surface area (Å²) in [6.07, 6.45) is -3.46. The van der Waals surface area contributed by atoms with Crippen LogP contribution in [-0.2, 0) is 0 Å². The van der Waals surface area contributed by atoms with Gasteiger partial charge in [-0.2, -0.15) is 0 Å². The Kier molecular flexibility index (Phi) is 4.73. The van der Waals surface area contributed by atoms with E-state index in [0.717, 1.165) is 12.1 Å². The van der Waals surface area contributed by atoms with E-state index in [1.807, 2.05) is 0 Å². The molecular weight excluding hydrogens is 345 g/mol. The Hall–Kier alpha value is -2.45. The quantitative estimate of drug-likeness (QED) is 0.773. The van der Waals surface area contributed by atoms with Gasteiger partial charge < -0.3 is 9.64 Å². The summed E-state index contributed by atoms with van der Waals surface area (Å²) >= 11 is 0. The van der Waals surface area contributed by atoms with Crippen molar-refractivity contribution in [2.24, 2.45) is 0 Å². The molecule has 1 aromatic heterocycles. The van der Waals surface area contributed by atoms with Gasteiger partial charge >= 0.3 is 6.36 Å². The second-order valence-electron chi connectivity index (χ2n) is 5.64. The van der Waals surface area contributed by atoms with Crippen LogP contribution in [0.1, 0.15) is 12.8 Å². The maximum absolute atomic E-state index is 13.8. The zero-order valence-electron chi connectivity index (χ0n) is 12.9. The molecule has 0 radical (unpaired) electrons. The van der Waals surface area contributed by atoms with Crippen molar-refractivity contribution in [2.75, 3.05) is 18.0 Å². The number of anilines is 1. The third-order valence-electron chi connectivity index (χ3n) is 3.79. The fraction of sp³-hybridized carbons (Fsp3) is 0.375. The molecule has 0 saturated carbocycles. The minimum atomic E-state index is -4.97. The minimum Gasteiger partial charge on any atom is -0.403 e. The number of hydrogen-bond donors (Lipinski definition) is 0. The molecule has 1 aromatic carbocycles. The number of aromatic nitrogens is 2. The summed E-state index contributed by atoms with van der Waals surface area (Å²) in [7, 11) is 0. The summed E-state index contributed by atoms with van der Waals surface area (Å²) in [6, 6.07) is 4.61. The smallest absolute Gasteiger partial charge is 0.403 e. The number of alkyl halides is 4. The molecule has 0 spiro atoms. The Morgan fingerprint density at radius 1 is 1.16 bits per heavy atom. The van der Waals surface area contributed by atoms with Gasteiger partial charge in [0.15, 0.2) is 11.6 Å². The molecule has 134 valence electrons. The number of benzene rings is 1. The van der Waals surface area contributed by atoms with Crippen molar-refractivity contribution in [3.63, 3.8) is 0 Å². The van der Waals surface area contributed by atoms with E-state index in [2.05, 4.69) is 14.7 Å². The molecule has 0 bridgehead atoms. The molecule has 1 atom stereocenters. The van der Waals surface area contributed by atoms with Gasteiger partial charge in [-0.25, -0.2) is 18.7 Å². The monoisotopic (exact) mass is 359 g/mol. The molecule has 1 saturated heterocycles. The standard InChI is InChI=1S/C16H14F5N3O/c17-11-2-1-5-24(8-11)15-7-13(22-9-23-15)10-3-4-14(12(18)6-10)25-16(19,20)21/h3-4,6-7,9,11H,1-2,5,8H2/t11-/m1/s1. The van der Waals surface area contributed by atoms with Crippen molar-refractivity contribution in [3.8, 4) is 17.0 Å². The fourth-order valence-electron chi connectivity index (χ4n) is 2.68. The molecule has 0 N–H and O–H groups in total. The number of halogens is 5. The molecular formula is C16H14F5N3O. The average Bonchev–Trinajstić information content (AvgIpc) is 2.56. The lowest BCUT2D eigenvalue weighted by Crippen LogP contribution is -2.36. The van der Waals surface area contributed by atoms with E-state index in [1.54, 1.807) is 11.0 Å². The Balaban J connectivity index is 1.84. The topological polar surface area (TPSA) is 38.2 Å². The van der Waals surface area contributed by atoms with Crippen molar-refractivity contribution in [3.05, 3.63) is 36.4 Å². The van der Waals surface area contributed by atoms with Gasteiger partial charge in [0.1, 0.15) is 18.3 Å². The SMILES string of the molecule is Fc1cc(-c2cc(N3CCC[C@@H](F)C3)ncn2)ccc1OC(F)(F)F. The van der Waals surface area contributed by atoms with Crippen molar-refractivity contribution < 1.29 is 26.7 Å². The summed E-state index contributed by atoms with van der Waals surface area (Å²) in [5.74, 6) is -1.58. The van der Waals surface area contributed by atoms with E-state index in [4.69, 9.17) is 0 Å². The van der Waals surface area contributed by atoms with Gasteiger partial charge in [-0.05, 0) is 31.0 Å². The first-order valence-electron chi connectivity index (χ1n) is 7.58. The van der Waals surface area contributed by atoms with Crippen LogP contribution in [0, 0.1) is 5.82 Å². The maximum atomic E-state index is 13.8. The third kappa shape index (κ3) is 4.34. The summed E-state index contributed by atoms with van der Waals surface area (Å²) in [6.45, 7) is 0.854. The molecule has 3 rings (SSSR count). The highest BCUT2D eigenvalue weighted by Gasteiger charge is 2.32. The molecule has 2 aromatic rings. The molecule has 0 amide bonds. The molecule has 0 unspecified atom stereocenters. The van der Waals surface area contributed by atoms with E-state index >= 15 is 0 Å². The van der Waals surface area contributed by atoms with Crippen molar-refractivity contribution >= 4 is 5.82 Å². The molecule has 4 nitrogen and oxygen atoms in total. The molecule has 1 aliphatic heterocycles. The summed E-state index contributed by atoms with van der Waals surface area (Å²) < 4.78 is 67.5. The summed E-state index contributed by atoms with van der Waals surface area (Å²) in [4.78, 5) is 9.86. The highest BCUT2D eigenvalue weighted by Crippen LogP contribution is 2.30. The highest BCUT2D eigenvalue weighted by molar-refractivity contribution is 5.63. The molecule has 9 heteroatoms. The largest absolute Gasteiger partial charge is 0.573 e. The summed E-state index contributed by atoms with van der Waals surface area (Å²) in [5, 5.41) is 0. The van der Waals surface area contributed by atoms with E-state index in [0.29, 0.717) is 30.9 Å². The van der Waals surface area contributed by atoms with E-state index in [9.17, 15) is 22.0 Å². The second-order valence-corrected chi connectivity index (χ2v) is 5.64. The van der Waals surface area contributed by atoms with Gasteiger partial charge in [0.2, 0.25) is 0 Å². The molecule has 1 aliphatic rings. The first kappa shape index (κ1) is 17.4. The van der Waals surface area contributed by atoms with E-state index < -0.39 is 24.1 Å². The Morgan fingerprint density at radius 3 is 2.64 bits per heavy atom. The van der Waals surface area contributed by atoms with Crippen LogP contribution in [0.25, 0.3) is 11.3 Å². The number of hydrogen-bond acceptors (Lipinski definition) is 4. The van der Waals surface area contributed by atoms with Crippen LogP contribution in [0.3, 0.4) is 0 Å². The fourth-order valence-corrected chi connectivity index (χ4v) is 2.68. The normalized spacial score (nSPS) is 18.3. The van der Waals surface area contributed by atoms with Crippen LogP contribution in [0.15, 0.2) is 30.6 Å². The predicted molar refractivity (Wildman–Crippen MR) is 80.5 cm³/mol. The Bertz CT molecular complexity index is 753. The van der Waals surface area contributed by atoms with Gasteiger partial charge in [0, 0.05) is 18.2 Å². The van der Waals surface area contributed by atoms with Crippen LogP contribution in [0.4, 0.5) is 27.8 Å². The predicted octanol–water partition coefficient (Wildman–Crippen LogP) is 4.12. The highest BCUT2D eigenvalue weighted by atomic mass is 19.4. The first-order chi connectivity index (χ1) is 11.8. The van der Waals surface area contributed by atoms with Gasteiger partial charge in [0.25, 0.3) is 0 Å². The van der Waals surface area contributed by atoms with Gasteiger partial charge in [-0.3, -0.25) is 0 Å². The maximum Gasteiger partial charge on any atom is 0.573 e. The number of piperidine rings is 1. The third-order valence-corrected chi connectivity index (χ3v) is 3.79. The molecule has 25 heavy (non-hydrogen) atoms. The van der Waals surface area contributed by atoms with Crippen molar-refractivity contribution in [1.29, 1.82) is 0 Å². The lowest BCUT2D eigenvalue weighted by atomic mass is 10.1. The number of nitrogens with zero attached hydrogens (tertiary/aromatic N) is 3. The second kappa shape index (κ2) is 6.81. The first-order valence-corrected chi connectivity index (χ1v) is 7.58. The average molecular weight is 359 g/mol. The number of ether oxygens (including phenoxy) is 1. The molecule has 2 heterocycles. The number of rotatable bonds is 3. The van der Waals surface area contributed by atoms with Crippen LogP contribution in [0.2, 0.25) is 0 Å². The van der Waals surface area contributed by atoms with Crippen molar-refractivity contribution in [2.45, 2.75) is 25.4 Å². The lowest BCUT2D eigenvalue weighted by Gasteiger charge is -2.29. The van der Waals surface area contributed by atoms with E-state index in [-0.39, 0.29) is 12.1 Å². The van der Waals surface area contributed by atoms with E-state index in [1.165, 1.54) is 12.4 Å². The Labute approximate surface area is 140 Å². The molecule has 0 aliphatic carbocycles. The van der Waals surface area contributed by atoms with Gasteiger partial charge in [-0.15, -0.1) is 13.2 Å². The lowest BCUT2D eigenvalue weighted by molar-refractivity contribution is -0.275. The van der Waals surface area contributed by atoms with Crippen LogP contribution in [-0.4, -0.2) is 35.6 Å². The summed E-state index contributed by atoms with van der Waals surface area (Å²) in [5.41, 5.74) is 0.591. The Morgan fingerprint density at radius 2 is 1.96 bits per heavy atom. The van der Waals surface area contributed by atoms with Crippen LogP contribution < -0.4 is 9.64 Å². The minimum absolute atomic E-state index is 0.211. The van der Waals surface area contributed by atoms with Gasteiger partial charge in [-0.1, -0.05) is 0 Å². The zero-order valence-corrected chi connectivity index (χ0v) is 12.9. The van der Waals surface area contributed by atoms with Crippen LogP contribution in [0.5, 0.6) is 5.75 Å². The van der Waals surface area contributed by atoms with Crippen molar-refractivity contribution in [1.82, 2.24) is 9.97 Å². The van der Waals surface area contributed by atoms with Gasteiger partial charge in [0.05, 0.1) is 12.2 Å². The molecule has 1 fully saturated rings. The zero-order chi connectivity index (χ0) is 18.0.